The lowest BCUT2D eigenvalue weighted by Gasteiger charge is -2.18. The number of hydrogen-bond acceptors (Lipinski definition) is 4. The van der Waals surface area contributed by atoms with Crippen LogP contribution in [0.2, 0.25) is 0 Å². The number of rotatable bonds is 6. The highest BCUT2D eigenvalue weighted by molar-refractivity contribution is 5.61. The van der Waals surface area contributed by atoms with Crippen LogP contribution in [0.1, 0.15) is 12.0 Å². The van der Waals surface area contributed by atoms with E-state index in [4.69, 9.17) is 0 Å². The molecule has 1 unspecified atom stereocenters. The summed E-state index contributed by atoms with van der Waals surface area (Å²) >= 11 is 0. The van der Waals surface area contributed by atoms with Crippen LogP contribution in [-0.2, 0) is 6.54 Å². The van der Waals surface area contributed by atoms with Crippen molar-refractivity contribution in [1.82, 2.24) is 20.5 Å². The molecule has 3 heterocycles. The van der Waals surface area contributed by atoms with Crippen LogP contribution in [-0.4, -0.2) is 34.8 Å². The van der Waals surface area contributed by atoms with E-state index in [2.05, 4.69) is 61.8 Å². The van der Waals surface area contributed by atoms with Crippen molar-refractivity contribution in [2.24, 2.45) is 5.92 Å². The highest BCUT2D eigenvalue weighted by Crippen LogP contribution is 2.23. The van der Waals surface area contributed by atoms with Gasteiger partial charge in [0.15, 0.2) is 0 Å². The lowest BCUT2D eigenvalue weighted by Crippen LogP contribution is -2.26. The minimum atomic E-state index is 0.689. The van der Waals surface area contributed by atoms with Gasteiger partial charge in [0.2, 0.25) is 0 Å². The van der Waals surface area contributed by atoms with Crippen LogP contribution >= 0.6 is 0 Å². The predicted molar refractivity (Wildman–Crippen MR) is 100 cm³/mol. The first-order valence-corrected chi connectivity index (χ1v) is 8.83. The molecule has 5 heteroatoms. The first kappa shape index (κ1) is 15.8. The minimum Gasteiger partial charge on any atom is -0.371 e. The van der Waals surface area contributed by atoms with E-state index in [0.717, 1.165) is 37.4 Å². The Bertz CT molecular complexity index is 784. The van der Waals surface area contributed by atoms with Gasteiger partial charge in [-0.05, 0) is 36.6 Å². The molecule has 0 bridgehead atoms. The van der Waals surface area contributed by atoms with Gasteiger partial charge >= 0.3 is 0 Å². The monoisotopic (exact) mass is 333 g/mol. The fourth-order valence-electron chi connectivity index (χ4n) is 3.49. The third kappa shape index (κ3) is 3.72. The Morgan fingerprint density at radius 3 is 2.88 bits per heavy atom. The summed E-state index contributed by atoms with van der Waals surface area (Å²) in [4.78, 5) is 6.67. The van der Waals surface area contributed by atoms with E-state index in [0.29, 0.717) is 5.92 Å². The van der Waals surface area contributed by atoms with E-state index in [1.807, 2.05) is 18.5 Å². The summed E-state index contributed by atoms with van der Waals surface area (Å²) in [5.41, 5.74) is 4.65. The number of pyridine rings is 1. The van der Waals surface area contributed by atoms with Crippen molar-refractivity contribution in [1.29, 1.82) is 0 Å². The second kappa shape index (κ2) is 7.49. The highest BCUT2D eigenvalue weighted by Gasteiger charge is 2.22. The van der Waals surface area contributed by atoms with Gasteiger partial charge in [-0.2, -0.15) is 5.10 Å². The average molecular weight is 333 g/mol. The summed E-state index contributed by atoms with van der Waals surface area (Å²) < 4.78 is 0. The molecule has 0 saturated carbocycles. The van der Waals surface area contributed by atoms with E-state index < -0.39 is 0 Å². The number of nitrogens with one attached hydrogen (secondary N) is 2. The van der Waals surface area contributed by atoms with Crippen molar-refractivity contribution >= 4 is 5.69 Å². The first-order valence-electron chi connectivity index (χ1n) is 8.83. The molecule has 0 radical (unpaired) electrons. The van der Waals surface area contributed by atoms with Gasteiger partial charge in [-0.1, -0.05) is 18.2 Å². The summed E-state index contributed by atoms with van der Waals surface area (Å²) in [6, 6.07) is 14.7. The van der Waals surface area contributed by atoms with Crippen LogP contribution in [0, 0.1) is 5.92 Å². The molecule has 0 spiro atoms. The van der Waals surface area contributed by atoms with E-state index in [1.165, 1.54) is 17.7 Å². The van der Waals surface area contributed by atoms with Gasteiger partial charge in [0.25, 0.3) is 0 Å². The third-order valence-corrected chi connectivity index (χ3v) is 4.82. The largest absolute Gasteiger partial charge is 0.371 e. The molecule has 1 aromatic carbocycles. The Balaban J connectivity index is 1.30. The number of benzene rings is 1. The molecule has 0 amide bonds. The van der Waals surface area contributed by atoms with E-state index >= 15 is 0 Å². The quantitative estimate of drug-likeness (QED) is 0.728. The van der Waals surface area contributed by atoms with Crippen molar-refractivity contribution in [2.75, 3.05) is 24.5 Å². The number of H-pyrrole nitrogens is 1. The standard InChI is InChI=1S/C20H23N5/c1-2-6-19(7-3-1)25-10-8-16(15-25)11-22-13-18-14-23-24-20(18)17-5-4-9-21-12-17/h1-7,9,12,14,16,22H,8,10-11,13,15H2,(H,23,24). The minimum absolute atomic E-state index is 0.689. The van der Waals surface area contributed by atoms with E-state index in [9.17, 15) is 0 Å². The molecule has 0 aliphatic carbocycles. The predicted octanol–water partition coefficient (Wildman–Crippen LogP) is 3.09. The summed E-state index contributed by atoms with van der Waals surface area (Å²) in [7, 11) is 0. The van der Waals surface area contributed by atoms with Gasteiger partial charge in [-0.25, -0.2) is 0 Å². The average Bonchev–Trinajstić information content (AvgIpc) is 3.33. The van der Waals surface area contributed by atoms with Crippen molar-refractivity contribution < 1.29 is 0 Å². The number of aromatic amines is 1. The molecule has 2 N–H and O–H groups in total. The van der Waals surface area contributed by atoms with Gasteiger partial charge in [-0.3, -0.25) is 10.1 Å². The van der Waals surface area contributed by atoms with E-state index in [-0.39, 0.29) is 0 Å². The van der Waals surface area contributed by atoms with Crippen LogP contribution in [0.3, 0.4) is 0 Å². The molecule has 3 aromatic rings. The zero-order valence-corrected chi connectivity index (χ0v) is 14.2. The molecular formula is C20H23N5. The van der Waals surface area contributed by atoms with Crippen molar-refractivity contribution in [3.8, 4) is 11.3 Å². The maximum absolute atomic E-state index is 4.20. The SMILES string of the molecule is c1ccc(N2CCC(CNCc3cn[nH]c3-c3cccnc3)C2)cc1. The molecule has 1 aliphatic rings. The molecule has 128 valence electrons. The summed E-state index contributed by atoms with van der Waals surface area (Å²) in [5, 5.41) is 10.9. The second-order valence-electron chi connectivity index (χ2n) is 6.58. The lowest BCUT2D eigenvalue weighted by atomic mass is 10.1. The Kier molecular flexibility index (Phi) is 4.74. The zero-order chi connectivity index (χ0) is 16.9. The van der Waals surface area contributed by atoms with Gasteiger partial charge in [-0.15, -0.1) is 0 Å². The molecule has 1 saturated heterocycles. The molecule has 5 nitrogen and oxygen atoms in total. The Labute approximate surface area is 148 Å². The van der Waals surface area contributed by atoms with Gasteiger partial charge in [0.05, 0.1) is 11.9 Å². The van der Waals surface area contributed by atoms with Crippen LogP contribution in [0.15, 0.2) is 61.1 Å². The second-order valence-corrected chi connectivity index (χ2v) is 6.58. The Hall–Kier alpha value is -2.66. The van der Waals surface area contributed by atoms with Gasteiger partial charge in [0, 0.05) is 55.4 Å². The topological polar surface area (TPSA) is 56.8 Å². The Morgan fingerprint density at radius 1 is 1.12 bits per heavy atom. The molecule has 1 fully saturated rings. The number of nitrogens with zero attached hydrogens (tertiary/aromatic N) is 3. The third-order valence-electron chi connectivity index (χ3n) is 4.82. The highest BCUT2D eigenvalue weighted by atomic mass is 15.2. The smallest absolute Gasteiger partial charge is 0.0710 e. The van der Waals surface area contributed by atoms with Crippen LogP contribution < -0.4 is 10.2 Å². The van der Waals surface area contributed by atoms with Crippen LogP contribution in [0.4, 0.5) is 5.69 Å². The molecular weight excluding hydrogens is 310 g/mol. The fourth-order valence-corrected chi connectivity index (χ4v) is 3.49. The molecule has 4 rings (SSSR count). The maximum atomic E-state index is 4.20. The van der Waals surface area contributed by atoms with Crippen LogP contribution in [0.5, 0.6) is 0 Å². The summed E-state index contributed by atoms with van der Waals surface area (Å²) in [6.45, 7) is 4.12. The van der Waals surface area contributed by atoms with Crippen molar-refractivity contribution in [3.05, 3.63) is 66.6 Å². The van der Waals surface area contributed by atoms with E-state index in [1.54, 1.807) is 6.20 Å². The molecule has 1 aliphatic heterocycles. The number of para-hydroxylation sites is 1. The van der Waals surface area contributed by atoms with Crippen molar-refractivity contribution in [2.45, 2.75) is 13.0 Å². The molecule has 1 atom stereocenters. The lowest BCUT2D eigenvalue weighted by molar-refractivity contribution is 0.517. The van der Waals surface area contributed by atoms with Crippen molar-refractivity contribution in [3.63, 3.8) is 0 Å². The summed E-state index contributed by atoms with van der Waals surface area (Å²) in [6.07, 6.45) is 6.80. The number of anilines is 1. The fraction of sp³-hybridized carbons (Fsp3) is 0.300. The van der Waals surface area contributed by atoms with Crippen LogP contribution in [0.25, 0.3) is 11.3 Å². The molecule has 25 heavy (non-hydrogen) atoms. The summed E-state index contributed by atoms with van der Waals surface area (Å²) in [5.74, 6) is 0.689. The first-order chi connectivity index (χ1) is 12.4. The number of aromatic nitrogens is 3. The zero-order valence-electron chi connectivity index (χ0n) is 14.2. The maximum Gasteiger partial charge on any atom is 0.0710 e. The molecule has 2 aromatic heterocycles. The number of hydrogen-bond donors (Lipinski definition) is 2. The van der Waals surface area contributed by atoms with Gasteiger partial charge in [0.1, 0.15) is 0 Å². The Morgan fingerprint density at radius 2 is 2.04 bits per heavy atom. The van der Waals surface area contributed by atoms with Gasteiger partial charge < -0.3 is 10.2 Å². The normalized spacial score (nSPS) is 17.1.